The Bertz CT molecular complexity index is 653. The molecule has 0 unspecified atom stereocenters. The first-order valence-electron chi connectivity index (χ1n) is 6.52. The third kappa shape index (κ3) is 3.29. The quantitative estimate of drug-likeness (QED) is 0.655. The third-order valence-electron chi connectivity index (χ3n) is 2.89. The molecule has 0 bridgehead atoms. The van der Waals surface area contributed by atoms with Crippen molar-refractivity contribution in [2.45, 2.75) is 39.8 Å². The molecule has 3 N–H and O–H groups in total. The van der Waals surface area contributed by atoms with Gasteiger partial charge in [-0.3, -0.25) is 0 Å². The van der Waals surface area contributed by atoms with Gasteiger partial charge >= 0.3 is 0 Å². The van der Waals surface area contributed by atoms with E-state index in [2.05, 4.69) is 10.3 Å². The standard InChI is InChI=1S/C15H20FN3O/c1-9-11-7-10(16)5-6-12(11)20-13(9)8-18-14(17)19-15(2,3)4/h5-7H,8H2,1-4H3,(H3,17,18,19). The minimum absolute atomic E-state index is 0.139. The molecule has 0 radical (unpaired) electrons. The lowest BCUT2D eigenvalue weighted by Crippen LogP contribution is -2.44. The molecule has 5 heteroatoms. The second-order valence-corrected chi connectivity index (χ2v) is 5.87. The molecule has 0 aliphatic heterocycles. The highest BCUT2D eigenvalue weighted by molar-refractivity contribution is 5.82. The number of nitrogens with two attached hydrogens (primary N) is 1. The Morgan fingerprint density at radius 1 is 1.40 bits per heavy atom. The molecule has 0 aliphatic rings. The average Bonchev–Trinajstić information content (AvgIpc) is 2.62. The van der Waals surface area contributed by atoms with Crippen molar-refractivity contribution < 1.29 is 8.81 Å². The van der Waals surface area contributed by atoms with Gasteiger partial charge in [-0.15, -0.1) is 0 Å². The zero-order valence-electron chi connectivity index (χ0n) is 12.2. The Hall–Kier alpha value is -2.04. The second-order valence-electron chi connectivity index (χ2n) is 5.87. The van der Waals surface area contributed by atoms with E-state index in [4.69, 9.17) is 10.2 Å². The third-order valence-corrected chi connectivity index (χ3v) is 2.89. The Labute approximate surface area is 117 Å². The van der Waals surface area contributed by atoms with Crippen LogP contribution in [-0.4, -0.2) is 11.5 Å². The highest BCUT2D eigenvalue weighted by Crippen LogP contribution is 2.26. The van der Waals surface area contributed by atoms with Crippen molar-refractivity contribution in [1.29, 1.82) is 0 Å². The monoisotopic (exact) mass is 277 g/mol. The van der Waals surface area contributed by atoms with Crippen LogP contribution >= 0.6 is 0 Å². The van der Waals surface area contributed by atoms with Gasteiger partial charge in [-0.05, 0) is 45.9 Å². The first kappa shape index (κ1) is 14.4. The van der Waals surface area contributed by atoms with Crippen molar-refractivity contribution >= 4 is 16.9 Å². The molecular weight excluding hydrogens is 257 g/mol. The molecule has 0 aliphatic carbocycles. The topological polar surface area (TPSA) is 63.5 Å². The molecule has 0 atom stereocenters. The van der Waals surface area contributed by atoms with Gasteiger partial charge in [-0.25, -0.2) is 9.38 Å². The van der Waals surface area contributed by atoms with Gasteiger partial charge in [0.1, 0.15) is 23.7 Å². The molecule has 0 saturated heterocycles. The summed E-state index contributed by atoms with van der Waals surface area (Å²) in [5, 5.41) is 3.85. The number of guanidine groups is 1. The van der Waals surface area contributed by atoms with Crippen LogP contribution in [0.5, 0.6) is 0 Å². The van der Waals surface area contributed by atoms with E-state index in [1.165, 1.54) is 12.1 Å². The van der Waals surface area contributed by atoms with E-state index in [1.807, 2.05) is 27.7 Å². The van der Waals surface area contributed by atoms with E-state index in [0.717, 1.165) is 10.9 Å². The van der Waals surface area contributed by atoms with Crippen LogP contribution in [0, 0.1) is 12.7 Å². The number of halogens is 1. The summed E-state index contributed by atoms with van der Waals surface area (Å²) < 4.78 is 18.9. The summed E-state index contributed by atoms with van der Waals surface area (Å²) >= 11 is 0. The van der Waals surface area contributed by atoms with Crippen LogP contribution < -0.4 is 11.1 Å². The lowest BCUT2D eigenvalue weighted by Gasteiger charge is -2.20. The van der Waals surface area contributed by atoms with Crippen LogP contribution in [0.1, 0.15) is 32.1 Å². The normalized spacial score (nSPS) is 12.9. The van der Waals surface area contributed by atoms with Crippen LogP contribution in [0.4, 0.5) is 4.39 Å². The molecular formula is C15H20FN3O. The van der Waals surface area contributed by atoms with Crippen LogP contribution in [0.3, 0.4) is 0 Å². The predicted octanol–water partition coefficient (Wildman–Crippen LogP) is 3.08. The van der Waals surface area contributed by atoms with Crippen molar-refractivity contribution in [3.63, 3.8) is 0 Å². The van der Waals surface area contributed by atoms with Crippen molar-refractivity contribution in [3.05, 3.63) is 35.3 Å². The fourth-order valence-electron chi connectivity index (χ4n) is 1.98. The number of fused-ring (bicyclic) bond motifs is 1. The summed E-state index contributed by atoms with van der Waals surface area (Å²) in [4.78, 5) is 4.25. The molecule has 2 aromatic rings. The van der Waals surface area contributed by atoms with E-state index in [0.29, 0.717) is 23.8 Å². The van der Waals surface area contributed by atoms with Gasteiger partial charge < -0.3 is 15.5 Å². The molecule has 20 heavy (non-hydrogen) atoms. The summed E-state index contributed by atoms with van der Waals surface area (Å²) in [6, 6.07) is 4.48. The highest BCUT2D eigenvalue weighted by atomic mass is 19.1. The van der Waals surface area contributed by atoms with Crippen molar-refractivity contribution in [3.8, 4) is 0 Å². The average molecular weight is 277 g/mol. The maximum absolute atomic E-state index is 13.2. The first-order chi connectivity index (χ1) is 9.26. The zero-order chi connectivity index (χ0) is 14.9. The molecule has 4 nitrogen and oxygen atoms in total. The van der Waals surface area contributed by atoms with Crippen LogP contribution in [0.15, 0.2) is 27.6 Å². The Kier molecular flexibility index (Phi) is 3.70. The molecule has 1 aromatic heterocycles. The molecule has 0 fully saturated rings. The Morgan fingerprint density at radius 2 is 2.10 bits per heavy atom. The van der Waals surface area contributed by atoms with E-state index in [1.54, 1.807) is 6.07 Å². The first-order valence-corrected chi connectivity index (χ1v) is 6.52. The molecule has 0 saturated carbocycles. The predicted molar refractivity (Wildman–Crippen MR) is 79.1 cm³/mol. The summed E-state index contributed by atoms with van der Waals surface area (Å²) in [6.07, 6.45) is 0. The summed E-state index contributed by atoms with van der Waals surface area (Å²) in [5.41, 5.74) is 7.23. The van der Waals surface area contributed by atoms with Gasteiger partial charge in [0, 0.05) is 16.5 Å². The van der Waals surface area contributed by atoms with Gasteiger partial charge in [0.25, 0.3) is 0 Å². The molecule has 2 rings (SSSR count). The molecule has 1 aromatic carbocycles. The van der Waals surface area contributed by atoms with E-state index in [-0.39, 0.29) is 11.4 Å². The number of furan rings is 1. The van der Waals surface area contributed by atoms with E-state index in [9.17, 15) is 4.39 Å². The van der Waals surface area contributed by atoms with Gasteiger partial charge in [-0.1, -0.05) is 0 Å². The Morgan fingerprint density at radius 3 is 2.75 bits per heavy atom. The molecule has 0 amide bonds. The minimum atomic E-state index is -0.273. The van der Waals surface area contributed by atoms with Crippen molar-refractivity contribution in [2.75, 3.05) is 0 Å². The number of benzene rings is 1. The van der Waals surface area contributed by atoms with Gasteiger partial charge in [0.15, 0.2) is 5.96 Å². The SMILES string of the molecule is Cc1c(CN=C(N)NC(C)(C)C)oc2ccc(F)cc12. The molecule has 1 heterocycles. The maximum Gasteiger partial charge on any atom is 0.189 e. The van der Waals surface area contributed by atoms with Crippen LogP contribution in [0.2, 0.25) is 0 Å². The number of rotatable bonds is 2. The highest BCUT2D eigenvalue weighted by Gasteiger charge is 2.12. The summed E-state index contributed by atoms with van der Waals surface area (Å²) in [5.74, 6) is 0.790. The molecule has 0 spiro atoms. The lowest BCUT2D eigenvalue weighted by atomic mass is 10.1. The van der Waals surface area contributed by atoms with Crippen molar-refractivity contribution in [1.82, 2.24) is 5.32 Å². The number of hydrogen-bond donors (Lipinski definition) is 2. The number of aliphatic imine (C=N–C) groups is 1. The fraction of sp³-hybridized carbons (Fsp3) is 0.400. The van der Waals surface area contributed by atoms with Crippen LogP contribution in [0.25, 0.3) is 11.0 Å². The van der Waals surface area contributed by atoms with Gasteiger partial charge in [0.05, 0.1) is 0 Å². The summed E-state index contributed by atoms with van der Waals surface area (Å²) in [7, 11) is 0. The van der Waals surface area contributed by atoms with Gasteiger partial charge in [0.2, 0.25) is 0 Å². The maximum atomic E-state index is 13.2. The number of nitrogens with one attached hydrogen (secondary N) is 1. The number of hydrogen-bond acceptors (Lipinski definition) is 2. The lowest BCUT2D eigenvalue weighted by molar-refractivity contribution is 0.505. The number of aryl methyl sites for hydroxylation is 1. The fourth-order valence-corrected chi connectivity index (χ4v) is 1.98. The van der Waals surface area contributed by atoms with Crippen molar-refractivity contribution in [2.24, 2.45) is 10.7 Å². The zero-order valence-corrected chi connectivity index (χ0v) is 12.2. The summed E-state index contributed by atoms with van der Waals surface area (Å²) in [6.45, 7) is 8.24. The van der Waals surface area contributed by atoms with Gasteiger partial charge in [-0.2, -0.15) is 0 Å². The smallest absolute Gasteiger partial charge is 0.189 e. The van der Waals surface area contributed by atoms with Crippen LogP contribution in [-0.2, 0) is 6.54 Å². The minimum Gasteiger partial charge on any atom is -0.459 e. The van der Waals surface area contributed by atoms with E-state index < -0.39 is 0 Å². The number of nitrogens with zero attached hydrogens (tertiary/aromatic N) is 1. The Balaban J connectivity index is 2.22. The second kappa shape index (κ2) is 5.15. The largest absolute Gasteiger partial charge is 0.459 e. The molecule has 108 valence electrons. The van der Waals surface area contributed by atoms with E-state index >= 15 is 0 Å².